The van der Waals surface area contributed by atoms with E-state index >= 15 is 0 Å². The second-order valence-electron chi connectivity index (χ2n) is 8.07. The van der Waals surface area contributed by atoms with Crippen molar-refractivity contribution in [2.45, 2.75) is 44.1 Å². The zero-order valence-electron chi connectivity index (χ0n) is 14.2. The Morgan fingerprint density at radius 3 is 2.23 bits per heavy atom. The van der Waals surface area contributed by atoms with Gasteiger partial charge >= 0.3 is 5.97 Å². The van der Waals surface area contributed by atoms with Crippen LogP contribution in [0.25, 0.3) is 0 Å². The first-order valence-corrected chi connectivity index (χ1v) is 9.72. The van der Waals surface area contributed by atoms with Gasteiger partial charge in [-0.25, -0.2) is 9.18 Å². The number of hydrogen-bond donors (Lipinski definition) is 1. The van der Waals surface area contributed by atoms with Gasteiger partial charge in [0.25, 0.3) is 5.91 Å². The largest absolute Gasteiger partial charge is 0.452 e. The van der Waals surface area contributed by atoms with Crippen LogP contribution in [0.15, 0.2) is 12.1 Å². The van der Waals surface area contributed by atoms with Crippen LogP contribution in [-0.2, 0) is 9.53 Å². The molecule has 140 valence electrons. The molecule has 0 heterocycles. The van der Waals surface area contributed by atoms with Gasteiger partial charge in [0.15, 0.2) is 6.61 Å². The summed E-state index contributed by atoms with van der Waals surface area (Å²) < 4.78 is 18.6. The summed E-state index contributed by atoms with van der Waals surface area (Å²) in [6.07, 6.45) is 6.91. The number of amides is 1. The number of benzene rings is 1. The van der Waals surface area contributed by atoms with Gasteiger partial charge < -0.3 is 10.1 Å². The van der Waals surface area contributed by atoms with Crippen LogP contribution in [-0.4, -0.2) is 24.0 Å². The van der Waals surface area contributed by atoms with Crippen LogP contribution in [0.2, 0.25) is 10.0 Å². The summed E-state index contributed by atoms with van der Waals surface area (Å²) in [7, 11) is 0. The molecule has 0 unspecified atom stereocenters. The minimum atomic E-state index is -0.841. The summed E-state index contributed by atoms with van der Waals surface area (Å²) in [6.45, 7) is -0.402. The lowest BCUT2D eigenvalue weighted by Crippen LogP contribution is -2.60. The molecule has 1 aromatic carbocycles. The second kappa shape index (κ2) is 6.68. The molecule has 4 saturated carbocycles. The molecular formula is C19H20Cl2FNO3. The van der Waals surface area contributed by atoms with E-state index in [1.165, 1.54) is 19.3 Å². The molecule has 1 amide bonds. The standard InChI is InChI=1S/C19H20Cl2FNO3/c20-14-5-15(21)16(22)4-13(14)18(25)26-9-17(24)23-19-6-10-1-11(7-19)3-12(2-10)8-19/h4-5,10-12H,1-3,6-9H2,(H,23,24). The number of carbonyl (C=O) groups excluding carboxylic acids is 2. The topological polar surface area (TPSA) is 55.4 Å². The zero-order chi connectivity index (χ0) is 18.5. The SMILES string of the molecule is O=C(COC(=O)c1cc(F)c(Cl)cc1Cl)NC12CC3CC(CC(C3)C1)C2. The monoisotopic (exact) mass is 399 g/mol. The fourth-order valence-corrected chi connectivity index (χ4v) is 5.94. The molecule has 0 aromatic heterocycles. The van der Waals surface area contributed by atoms with Gasteiger partial charge in [0.2, 0.25) is 0 Å². The van der Waals surface area contributed by atoms with E-state index in [2.05, 4.69) is 5.32 Å². The van der Waals surface area contributed by atoms with Crippen molar-refractivity contribution in [3.8, 4) is 0 Å². The number of ether oxygens (including phenoxy) is 1. The Balaban J connectivity index is 1.36. The quantitative estimate of drug-likeness (QED) is 0.603. The molecule has 0 saturated heterocycles. The third kappa shape index (κ3) is 3.44. The second-order valence-corrected chi connectivity index (χ2v) is 8.88. The molecule has 4 aliphatic rings. The van der Waals surface area contributed by atoms with Crippen LogP contribution >= 0.6 is 23.2 Å². The highest BCUT2D eigenvalue weighted by molar-refractivity contribution is 6.36. The number of hydrogen-bond acceptors (Lipinski definition) is 3. The number of carbonyl (C=O) groups is 2. The van der Waals surface area contributed by atoms with Gasteiger partial charge in [-0.05, 0) is 68.4 Å². The highest BCUT2D eigenvalue weighted by Gasteiger charge is 2.51. The molecule has 0 spiro atoms. The maximum Gasteiger partial charge on any atom is 0.340 e. The van der Waals surface area contributed by atoms with E-state index in [0.717, 1.165) is 31.4 Å². The van der Waals surface area contributed by atoms with Crippen molar-refractivity contribution in [2.24, 2.45) is 17.8 Å². The van der Waals surface area contributed by atoms with E-state index in [1.807, 2.05) is 0 Å². The third-order valence-corrected chi connectivity index (χ3v) is 6.61. The van der Waals surface area contributed by atoms with E-state index in [9.17, 15) is 14.0 Å². The molecule has 4 nitrogen and oxygen atoms in total. The van der Waals surface area contributed by atoms with E-state index in [-0.39, 0.29) is 27.1 Å². The van der Waals surface area contributed by atoms with Gasteiger partial charge in [-0.1, -0.05) is 23.2 Å². The van der Waals surface area contributed by atoms with E-state index in [0.29, 0.717) is 17.8 Å². The summed E-state index contributed by atoms with van der Waals surface area (Å²) in [6, 6.07) is 2.06. The molecule has 4 aliphatic carbocycles. The fourth-order valence-electron chi connectivity index (χ4n) is 5.48. The average molecular weight is 400 g/mol. The third-order valence-electron chi connectivity index (χ3n) is 6.01. The van der Waals surface area contributed by atoms with Crippen LogP contribution in [0.4, 0.5) is 4.39 Å². The Labute approximate surface area is 161 Å². The minimum absolute atomic E-state index is 0.0112. The Morgan fingerprint density at radius 1 is 1.08 bits per heavy atom. The Morgan fingerprint density at radius 2 is 1.65 bits per heavy atom. The lowest BCUT2D eigenvalue weighted by molar-refractivity contribution is -0.130. The molecule has 0 radical (unpaired) electrons. The van der Waals surface area contributed by atoms with Crippen LogP contribution in [0, 0.1) is 23.6 Å². The van der Waals surface area contributed by atoms with E-state index in [4.69, 9.17) is 27.9 Å². The number of nitrogens with one attached hydrogen (secondary N) is 1. The summed E-state index contributed by atoms with van der Waals surface area (Å²) in [4.78, 5) is 24.5. The summed E-state index contributed by atoms with van der Waals surface area (Å²) in [5, 5.41) is 2.94. The van der Waals surface area contributed by atoms with Crippen molar-refractivity contribution in [3.05, 3.63) is 33.6 Å². The van der Waals surface area contributed by atoms with Gasteiger partial charge in [-0.3, -0.25) is 4.79 Å². The van der Waals surface area contributed by atoms with E-state index in [1.54, 1.807) is 0 Å². The zero-order valence-corrected chi connectivity index (χ0v) is 15.7. The molecule has 5 rings (SSSR count). The van der Waals surface area contributed by atoms with Crippen LogP contribution < -0.4 is 5.32 Å². The Bertz CT molecular complexity index is 732. The normalized spacial score (nSPS) is 31.7. The average Bonchev–Trinajstić information content (AvgIpc) is 2.54. The summed E-state index contributed by atoms with van der Waals surface area (Å²) in [5.41, 5.74) is -0.279. The molecule has 1 aromatic rings. The smallest absolute Gasteiger partial charge is 0.340 e. The van der Waals surface area contributed by atoms with E-state index < -0.39 is 18.4 Å². The molecule has 26 heavy (non-hydrogen) atoms. The lowest BCUT2D eigenvalue weighted by Gasteiger charge is -2.56. The molecule has 0 aliphatic heterocycles. The first kappa shape index (κ1) is 18.1. The number of rotatable bonds is 4. The van der Waals surface area contributed by atoms with Gasteiger partial charge in [-0.15, -0.1) is 0 Å². The highest BCUT2D eigenvalue weighted by Crippen LogP contribution is 2.55. The predicted molar refractivity (Wildman–Crippen MR) is 95.7 cm³/mol. The first-order valence-electron chi connectivity index (χ1n) is 8.96. The molecule has 4 fully saturated rings. The fraction of sp³-hybridized carbons (Fsp3) is 0.579. The van der Waals surface area contributed by atoms with Crippen LogP contribution in [0.5, 0.6) is 0 Å². The predicted octanol–water partition coefficient (Wildman–Crippen LogP) is 4.37. The van der Waals surface area contributed by atoms with Crippen molar-refractivity contribution in [3.63, 3.8) is 0 Å². The summed E-state index contributed by atoms with van der Waals surface area (Å²) in [5.74, 6) is 0.206. The number of esters is 1. The number of halogens is 3. The molecule has 4 bridgehead atoms. The van der Waals surface area contributed by atoms with Crippen molar-refractivity contribution in [1.82, 2.24) is 5.32 Å². The maximum atomic E-state index is 13.5. The molecular weight excluding hydrogens is 380 g/mol. The van der Waals surface area contributed by atoms with Crippen LogP contribution in [0.3, 0.4) is 0 Å². The maximum absolute atomic E-state index is 13.5. The van der Waals surface area contributed by atoms with Crippen molar-refractivity contribution < 1.29 is 18.7 Å². The van der Waals surface area contributed by atoms with Gasteiger partial charge in [0.05, 0.1) is 15.6 Å². The van der Waals surface area contributed by atoms with Crippen molar-refractivity contribution in [2.75, 3.05) is 6.61 Å². The van der Waals surface area contributed by atoms with Gasteiger partial charge in [0.1, 0.15) is 5.82 Å². The first-order chi connectivity index (χ1) is 12.3. The van der Waals surface area contributed by atoms with Crippen LogP contribution in [0.1, 0.15) is 48.9 Å². The Kier molecular flexibility index (Phi) is 4.64. The Hall–Kier alpha value is -1.33. The van der Waals surface area contributed by atoms with Gasteiger partial charge in [0, 0.05) is 5.54 Å². The highest BCUT2D eigenvalue weighted by atomic mass is 35.5. The van der Waals surface area contributed by atoms with Crippen molar-refractivity contribution in [1.29, 1.82) is 0 Å². The lowest BCUT2D eigenvalue weighted by atomic mass is 9.53. The molecule has 1 N–H and O–H groups in total. The van der Waals surface area contributed by atoms with Gasteiger partial charge in [-0.2, -0.15) is 0 Å². The summed E-state index contributed by atoms with van der Waals surface area (Å²) >= 11 is 11.5. The molecule has 7 heteroatoms. The molecule has 0 atom stereocenters. The van der Waals surface area contributed by atoms with Crippen molar-refractivity contribution >= 4 is 35.1 Å². The minimum Gasteiger partial charge on any atom is -0.452 e.